The number of hydrogen-bond donors (Lipinski definition) is 2. The molecule has 1 aromatic heterocycles. The van der Waals surface area contributed by atoms with Crippen LogP contribution in [-0.2, 0) is 6.54 Å². The molecule has 4 saturated carbocycles. The van der Waals surface area contributed by atoms with Crippen molar-refractivity contribution in [2.45, 2.75) is 52.0 Å². The second-order valence-electron chi connectivity index (χ2n) is 9.34. The summed E-state index contributed by atoms with van der Waals surface area (Å²) in [7, 11) is 0. The number of benzene rings is 1. The van der Waals surface area contributed by atoms with Crippen LogP contribution >= 0.6 is 0 Å². The number of rotatable bonds is 4. The van der Waals surface area contributed by atoms with E-state index in [4.69, 9.17) is 0 Å². The first-order valence-corrected chi connectivity index (χ1v) is 10.5. The first kappa shape index (κ1) is 17.7. The van der Waals surface area contributed by atoms with E-state index in [2.05, 4.69) is 10.3 Å². The minimum absolute atomic E-state index is 0.104. The molecule has 6 nitrogen and oxygen atoms in total. The van der Waals surface area contributed by atoms with E-state index in [1.165, 1.54) is 43.1 Å². The van der Waals surface area contributed by atoms with Crippen molar-refractivity contribution in [2.75, 3.05) is 6.54 Å². The maximum atomic E-state index is 12.8. The van der Waals surface area contributed by atoms with Gasteiger partial charge in [-0.1, -0.05) is 0 Å². The van der Waals surface area contributed by atoms with Crippen LogP contribution in [0.15, 0.2) is 27.8 Å². The largest absolute Gasteiger partial charge is 0.351 e. The lowest BCUT2D eigenvalue weighted by Crippen LogP contribution is -2.51. The van der Waals surface area contributed by atoms with Crippen LogP contribution < -0.4 is 16.4 Å². The lowest BCUT2D eigenvalue weighted by atomic mass is 9.49. The smallest absolute Gasteiger partial charge is 0.316 e. The fourth-order valence-electron chi connectivity index (χ4n) is 6.61. The number of amides is 1. The molecule has 148 valence electrons. The molecule has 1 amide bonds. The zero-order valence-electron chi connectivity index (χ0n) is 16.3. The van der Waals surface area contributed by atoms with Crippen molar-refractivity contribution in [1.29, 1.82) is 0 Å². The molecule has 2 aromatic rings. The topological polar surface area (TPSA) is 84.0 Å². The predicted octanol–water partition coefficient (Wildman–Crippen LogP) is 2.66. The van der Waals surface area contributed by atoms with Gasteiger partial charge in [0.2, 0.25) is 0 Å². The van der Waals surface area contributed by atoms with Gasteiger partial charge in [-0.3, -0.25) is 14.4 Å². The summed E-state index contributed by atoms with van der Waals surface area (Å²) in [6.07, 6.45) is 7.95. The fraction of sp³-hybridized carbons (Fsp3) is 0.591. The Morgan fingerprint density at radius 3 is 2.39 bits per heavy atom. The summed E-state index contributed by atoms with van der Waals surface area (Å²) in [5.41, 5.74) is 0.764. The molecule has 0 radical (unpaired) electrons. The number of aromatic amines is 1. The lowest BCUT2D eigenvalue weighted by Gasteiger charge is -2.56. The normalized spacial score (nSPS) is 30.7. The molecule has 0 unspecified atom stereocenters. The fourth-order valence-corrected chi connectivity index (χ4v) is 6.61. The first-order valence-electron chi connectivity index (χ1n) is 10.5. The van der Waals surface area contributed by atoms with Crippen LogP contribution in [0.3, 0.4) is 0 Å². The summed E-state index contributed by atoms with van der Waals surface area (Å²) in [5.74, 6) is 2.48. The van der Waals surface area contributed by atoms with Gasteiger partial charge in [0.25, 0.3) is 5.91 Å². The molecule has 2 N–H and O–H groups in total. The van der Waals surface area contributed by atoms with E-state index in [9.17, 15) is 14.4 Å². The van der Waals surface area contributed by atoms with E-state index < -0.39 is 11.1 Å². The second-order valence-corrected chi connectivity index (χ2v) is 9.34. The Bertz CT molecular complexity index is 1030. The summed E-state index contributed by atoms with van der Waals surface area (Å²) < 4.78 is 1.44. The van der Waals surface area contributed by atoms with Crippen molar-refractivity contribution in [2.24, 2.45) is 23.2 Å². The van der Waals surface area contributed by atoms with Gasteiger partial charge in [0.15, 0.2) is 0 Å². The Morgan fingerprint density at radius 1 is 1.14 bits per heavy atom. The molecule has 0 aliphatic heterocycles. The van der Waals surface area contributed by atoms with Crippen molar-refractivity contribution in [3.63, 3.8) is 0 Å². The molecule has 1 heterocycles. The molecule has 0 atom stereocenters. The van der Waals surface area contributed by atoms with Gasteiger partial charge in [0.05, 0.1) is 11.0 Å². The lowest BCUT2D eigenvalue weighted by molar-refractivity contribution is -0.0503. The van der Waals surface area contributed by atoms with E-state index in [0.29, 0.717) is 23.1 Å². The number of H-pyrrole nitrogens is 1. The van der Waals surface area contributed by atoms with Crippen molar-refractivity contribution in [1.82, 2.24) is 14.9 Å². The van der Waals surface area contributed by atoms with Gasteiger partial charge in [-0.25, -0.2) is 0 Å². The van der Waals surface area contributed by atoms with E-state index in [1.807, 2.05) is 6.92 Å². The predicted molar refractivity (Wildman–Crippen MR) is 107 cm³/mol. The highest BCUT2D eigenvalue weighted by Gasteiger charge is 2.50. The Balaban J connectivity index is 1.37. The third-order valence-electron chi connectivity index (χ3n) is 7.34. The van der Waals surface area contributed by atoms with Crippen LogP contribution in [0.4, 0.5) is 0 Å². The number of carbonyl (C=O) groups is 1. The van der Waals surface area contributed by atoms with Gasteiger partial charge in [-0.05, 0) is 86.8 Å². The van der Waals surface area contributed by atoms with Crippen LogP contribution in [-0.4, -0.2) is 22.0 Å². The number of hydrogen-bond acceptors (Lipinski definition) is 3. The Hall–Kier alpha value is -2.37. The minimum Gasteiger partial charge on any atom is -0.351 e. The Labute approximate surface area is 163 Å². The number of nitrogens with zero attached hydrogens (tertiary/aromatic N) is 1. The van der Waals surface area contributed by atoms with E-state index in [-0.39, 0.29) is 11.3 Å². The highest BCUT2D eigenvalue weighted by atomic mass is 16.2. The summed E-state index contributed by atoms with van der Waals surface area (Å²) in [6, 6.07) is 5.16. The molecule has 6 rings (SSSR count). The molecular formula is C22H27N3O3. The van der Waals surface area contributed by atoms with Crippen molar-refractivity contribution in [3.05, 3.63) is 44.5 Å². The maximum Gasteiger partial charge on any atom is 0.316 e. The van der Waals surface area contributed by atoms with Gasteiger partial charge < -0.3 is 14.9 Å². The molecule has 4 bridgehead atoms. The van der Waals surface area contributed by atoms with Crippen molar-refractivity contribution < 1.29 is 4.79 Å². The number of aromatic nitrogens is 2. The second kappa shape index (κ2) is 6.33. The Morgan fingerprint density at radius 2 is 1.79 bits per heavy atom. The molecular weight excluding hydrogens is 354 g/mol. The maximum absolute atomic E-state index is 12.8. The highest BCUT2D eigenvalue weighted by Crippen LogP contribution is 2.59. The van der Waals surface area contributed by atoms with Crippen LogP contribution in [0, 0.1) is 23.2 Å². The van der Waals surface area contributed by atoms with E-state index in [1.54, 1.807) is 18.2 Å². The van der Waals surface area contributed by atoms with Gasteiger partial charge in [0.1, 0.15) is 0 Å². The van der Waals surface area contributed by atoms with E-state index >= 15 is 0 Å². The summed E-state index contributed by atoms with van der Waals surface area (Å²) >= 11 is 0. The molecule has 4 aliphatic carbocycles. The number of aryl methyl sites for hydroxylation is 1. The zero-order valence-corrected chi connectivity index (χ0v) is 16.3. The molecule has 4 fully saturated rings. The van der Waals surface area contributed by atoms with Gasteiger partial charge in [-0.15, -0.1) is 0 Å². The average molecular weight is 381 g/mol. The number of nitrogens with one attached hydrogen (secondary N) is 2. The molecule has 6 heteroatoms. The quantitative estimate of drug-likeness (QED) is 0.799. The molecule has 4 aliphatic rings. The van der Waals surface area contributed by atoms with Crippen LogP contribution in [0.2, 0.25) is 0 Å². The molecule has 28 heavy (non-hydrogen) atoms. The number of carbonyl (C=O) groups excluding carboxylic acids is 1. The third-order valence-corrected chi connectivity index (χ3v) is 7.34. The van der Waals surface area contributed by atoms with E-state index in [0.717, 1.165) is 24.3 Å². The average Bonchev–Trinajstić information content (AvgIpc) is 2.66. The summed E-state index contributed by atoms with van der Waals surface area (Å²) in [5, 5.41) is 3.18. The molecule has 1 aromatic carbocycles. The number of fused-ring (bicyclic) bond motifs is 1. The standard InChI is InChI=1S/C22H27N3O3/c1-2-25-18-4-3-16(8-17(18)24-20(27)21(25)28)19(26)23-12-22-9-13-5-14(10-22)7-15(6-13)11-22/h3-4,8,13-15H,2,5-7,9-12H2,1H3,(H,23,26)(H,24,27). The summed E-state index contributed by atoms with van der Waals surface area (Å²) in [6.45, 7) is 2.99. The highest BCUT2D eigenvalue weighted by molar-refractivity contribution is 5.97. The minimum atomic E-state index is -0.652. The van der Waals surface area contributed by atoms with Crippen LogP contribution in [0.1, 0.15) is 55.8 Å². The van der Waals surface area contributed by atoms with Crippen molar-refractivity contribution >= 4 is 16.9 Å². The zero-order chi connectivity index (χ0) is 19.5. The van der Waals surface area contributed by atoms with Crippen LogP contribution in [0.5, 0.6) is 0 Å². The first-order chi connectivity index (χ1) is 13.5. The Kier molecular flexibility index (Phi) is 4.00. The SMILES string of the molecule is CCn1c(=O)c(=O)[nH]c2cc(C(=O)NCC34CC5CC(CC(C5)C3)C4)ccc21. The summed E-state index contributed by atoms with van der Waals surface area (Å²) in [4.78, 5) is 39.3. The van der Waals surface area contributed by atoms with Gasteiger partial charge in [-0.2, -0.15) is 0 Å². The van der Waals surface area contributed by atoms with Crippen molar-refractivity contribution in [3.8, 4) is 0 Å². The van der Waals surface area contributed by atoms with Crippen LogP contribution in [0.25, 0.3) is 11.0 Å². The van der Waals surface area contributed by atoms with Gasteiger partial charge >= 0.3 is 11.1 Å². The molecule has 0 saturated heterocycles. The third kappa shape index (κ3) is 2.81. The molecule has 0 spiro atoms. The van der Waals surface area contributed by atoms with Gasteiger partial charge in [0, 0.05) is 18.7 Å². The monoisotopic (exact) mass is 381 g/mol.